The van der Waals surface area contributed by atoms with E-state index < -0.39 is 0 Å². The fraction of sp³-hybridized carbons (Fsp3) is 0.389. The highest BCUT2D eigenvalue weighted by Gasteiger charge is 2.24. The maximum atomic E-state index is 12.3. The van der Waals surface area contributed by atoms with Crippen LogP contribution in [0.3, 0.4) is 0 Å². The second-order valence-electron chi connectivity index (χ2n) is 6.30. The zero-order valence-electron chi connectivity index (χ0n) is 14.0. The minimum atomic E-state index is -0.108. The predicted molar refractivity (Wildman–Crippen MR) is 93.3 cm³/mol. The van der Waals surface area contributed by atoms with Crippen molar-refractivity contribution in [2.75, 3.05) is 24.5 Å². The Morgan fingerprint density at radius 3 is 2.92 bits per heavy atom. The lowest BCUT2D eigenvalue weighted by atomic mass is 10.1. The van der Waals surface area contributed by atoms with Crippen LogP contribution in [-0.4, -0.2) is 35.3 Å². The number of aromatic nitrogens is 2. The summed E-state index contributed by atoms with van der Waals surface area (Å²) in [6, 6.07) is 9.20. The fourth-order valence-electron chi connectivity index (χ4n) is 3.03. The summed E-state index contributed by atoms with van der Waals surface area (Å²) in [7, 11) is 1.64. The van der Waals surface area contributed by atoms with Crippen molar-refractivity contribution in [2.45, 2.75) is 13.3 Å². The SMILES string of the molecule is Cc1ccccc1C(=O)NC[C@H]1CCN(c2cnn(C)c(=O)c2)C1. The number of hydrogen-bond acceptors (Lipinski definition) is 4. The molecule has 1 aliphatic rings. The molecular formula is C18H22N4O2. The predicted octanol–water partition coefficient (Wildman–Crippen LogP) is 1.35. The Bertz CT molecular complexity index is 800. The first-order valence-corrected chi connectivity index (χ1v) is 8.17. The van der Waals surface area contributed by atoms with E-state index in [-0.39, 0.29) is 11.5 Å². The topological polar surface area (TPSA) is 67.2 Å². The number of nitrogens with zero attached hydrogens (tertiary/aromatic N) is 3. The minimum Gasteiger partial charge on any atom is -0.370 e. The highest BCUT2D eigenvalue weighted by atomic mass is 16.1. The summed E-state index contributed by atoms with van der Waals surface area (Å²) >= 11 is 0. The summed E-state index contributed by atoms with van der Waals surface area (Å²) in [6.07, 6.45) is 2.71. The summed E-state index contributed by atoms with van der Waals surface area (Å²) in [5.41, 5.74) is 2.45. The molecule has 0 unspecified atom stereocenters. The van der Waals surface area contributed by atoms with Crippen LogP contribution in [0.4, 0.5) is 5.69 Å². The van der Waals surface area contributed by atoms with E-state index in [4.69, 9.17) is 0 Å². The molecule has 0 spiro atoms. The van der Waals surface area contributed by atoms with Gasteiger partial charge in [0.05, 0.1) is 11.9 Å². The third-order valence-corrected chi connectivity index (χ3v) is 4.55. The second-order valence-corrected chi connectivity index (χ2v) is 6.30. The summed E-state index contributed by atoms with van der Waals surface area (Å²) < 4.78 is 1.32. The molecule has 0 radical (unpaired) electrons. The molecule has 3 rings (SSSR count). The maximum absolute atomic E-state index is 12.3. The molecule has 6 nitrogen and oxygen atoms in total. The quantitative estimate of drug-likeness (QED) is 0.921. The van der Waals surface area contributed by atoms with E-state index >= 15 is 0 Å². The molecule has 2 heterocycles. The van der Waals surface area contributed by atoms with Gasteiger partial charge in [-0.1, -0.05) is 18.2 Å². The number of carbonyl (C=O) groups excluding carboxylic acids is 1. The lowest BCUT2D eigenvalue weighted by Crippen LogP contribution is -2.31. The van der Waals surface area contributed by atoms with Gasteiger partial charge in [-0.15, -0.1) is 0 Å². The van der Waals surface area contributed by atoms with Gasteiger partial charge < -0.3 is 10.2 Å². The van der Waals surface area contributed by atoms with Gasteiger partial charge in [0.25, 0.3) is 11.5 Å². The van der Waals surface area contributed by atoms with Crippen molar-refractivity contribution in [3.05, 3.63) is 58.0 Å². The van der Waals surface area contributed by atoms with Crippen LogP contribution in [0.15, 0.2) is 41.3 Å². The average Bonchev–Trinajstić information content (AvgIpc) is 3.04. The minimum absolute atomic E-state index is 0.0261. The molecule has 0 saturated carbocycles. The van der Waals surface area contributed by atoms with Crippen molar-refractivity contribution in [3.8, 4) is 0 Å². The first-order chi connectivity index (χ1) is 11.5. The van der Waals surface area contributed by atoms with Gasteiger partial charge in [0.2, 0.25) is 0 Å². The Morgan fingerprint density at radius 2 is 2.17 bits per heavy atom. The van der Waals surface area contributed by atoms with E-state index in [1.54, 1.807) is 19.3 Å². The monoisotopic (exact) mass is 326 g/mol. The van der Waals surface area contributed by atoms with Crippen LogP contribution in [0.5, 0.6) is 0 Å². The van der Waals surface area contributed by atoms with E-state index in [0.29, 0.717) is 12.5 Å². The molecule has 1 saturated heterocycles. The number of nitrogens with one attached hydrogen (secondary N) is 1. The molecule has 1 aromatic carbocycles. The number of aryl methyl sites for hydroxylation is 2. The van der Waals surface area contributed by atoms with E-state index in [2.05, 4.69) is 15.3 Å². The molecule has 1 fully saturated rings. The highest BCUT2D eigenvalue weighted by Crippen LogP contribution is 2.21. The number of carbonyl (C=O) groups is 1. The number of rotatable bonds is 4. The van der Waals surface area contributed by atoms with Gasteiger partial charge in [0.15, 0.2) is 0 Å². The smallest absolute Gasteiger partial charge is 0.268 e. The molecule has 1 aromatic heterocycles. The molecule has 2 aromatic rings. The first kappa shape index (κ1) is 16.2. The van der Waals surface area contributed by atoms with E-state index in [1.165, 1.54) is 4.68 Å². The van der Waals surface area contributed by atoms with Crippen LogP contribution in [0, 0.1) is 12.8 Å². The molecule has 0 aliphatic carbocycles. The Kier molecular flexibility index (Phi) is 4.64. The van der Waals surface area contributed by atoms with Crippen molar-refractivity contribution in [1.82, 2.24) is 15.1 Å². The summed E-state index contributed by atoms with van der Waals surface area (Å²) in [4.78, 5) is 26.1. The summed E-state index contributed by atoms with van der Waals surface area (Å²) in [6.45, 7) is 4.28. The van der Waals surface area contributed by atoms with E-state index in [9.17, 15) is 9.59 Å². The van der Waals surface area contributed by atoms with Crippen molar-refractivity contribution in [3.63, 3.8) is 0 Å². The number of hydrogen-bond donors (Lipinski definition) is 1. The Balaban J connectivity index is 1.56. The summed E-state index contributed by atoms with van der Waals surface area (Å²) in [5, 5.41) is 7.09. The Labute approximate surface area is 141 Å². The molecule has 24 heavy (non-hydrogen) atoms. The van der Waals surface area contributed by atoms with Crippen LogP contribution in [-0.2, 0) is 7.05 Å². The summed E-state index contributed by atoms with van der Waals surface area (Å²) in [5.74, 6) is 0.351. The number of anilines is 1. The zero-order chi connectivity index (χ0) is 17.1. The molecule has 1 amide bonds. The van der Waals surface area contributed by atoms with Crippen molar-refractivity contribution in [1.29, 1.82) is 0 Å². The molecular weight excluding hydrogens is 304 g/mol. The molecule has 1 atom stereocenters. The second kappa shape index (κ2) is 6.86. The van der Waals surface area contributed by atoms with E-state index in [0.717, 1.165) is 36.3 Å². The number of benzene rings is 1. The van der Waals surface area contributed by atoms with Gasteiger partial charge in [-0.3, -0.25) is 9.59 Å². The Hall–Kier alpha value is -2.63. The largest absolute Gasteiger partial charge is 0.370 e. The molecule has 1 aliphatic heterocycles. The number of amides is 1. The van der Waals surface area contributed by atoms with Crippen LogP contribution in [0.1, 0.15) is 22.3 Å². The third-order valence-electron chi connectivity index (χ3n) is 4.55. The molecule has 6 heteroatoms. The van der Waals surface area contributed by atoms with Crippen molar-refractivity contribution in [2.24, 2.45) is 13.0 Å². The van der Waals surface area contributed by atoms with Crippen LogP contribution < -0.4 is 15.8 Å². The molecule has 126 valence electrons. The van der Waals surface area contributed by atoms with Crippen LogP contribution >= 0.6 is 0 Å². The van der Waals surface area contributed by atoms with E-state index in [1.807, 2.05) is 31.2 Å². The van der Waals surface area contributed by atoms with Crippen LogP contribution in [0.25, 0.3) is 0 Å². The van der Waals surface area contributed by atoms with Gasteiger partial charge in [0.1, 0.15) is 0 Å². The maximum Gasteiger partial charge on any atom is 0.268 e. The van der Waals surface area contributed by atoms with Gasteiger partial charge in [-0.2, -0.15) is 5.10 Å². The van der Waals surface area contributed by atoms with Crippen molar-refractivity contribution >= 4 is 11.6 Å². The lowest BCUT2D eigenvalue weighted by molar-refractivity contribution is 0.0947. The van der Waals surface area contributed by atoms with Gasteiger partial charge in [-0.25, -0.2) is 4.68 Å². The lowest BCUT2D eigenvalue weighted by Gasteiger charge is -2.18. The van der Waals surface area contributed by atoms with Gasteiger partial charge >= 0.3 is 0 Å². The average molecular weight is 326 g/mol. The zero-order valence-corrected chi connectivity index (χ0v) is 14.0. The molecule has 1 N–H and O–H groups in total. The normalized spacial score (nSPS) is 17.1. The highest BCUT2D eigenvalue weighted by molar-refractivity contribution is 5.95. The fourth-order valence-corrected chi connectivity index (χ4v) is 3.03. The van der Waals surface area contributed by atoms with Gasteiger partial charge in [-0.05, 0) is 30.9 Å². The van der Waals surface area contributed by atoms with Crippen molar-refractivity contribution < 1.29 is 4.79 Å². The first-order valence-electron chi connectivity index (χ1n) is 8.17. The molecule has 0 bridgehead atoms. The van der Waals surface area contributed by atoms with Crippen LogP contribution in [0.2, 0.25) is 0 Å². The third kappa shape index (κ3) is 3.48. The Morgan fingerprint density at radius 1 is 1.38 bits per heavy atom. The standard InChI is InChI=1S/C18H22N4O2/c1-13-5-3-4-6-16(13)18(24)19-10-14-7-8-22(12-14)15-9-17(23)21(2)20-11-15/h3-6,9,11,14H,7-8,10,12H2,1-2H3,(H,19,24)/t14-/m1/s1. The van der Waals surface area contributed by atoms with Gasteiger partial charge in [0, 0.05) is 38.3 Å².